The van der Waals surface area contributed by atoms with E-state index in [2.05, 4.69) is 15.9 Å². The number of alkyl halides is 3. The van der Waals surface area contributed by atoms with Crippen molar-refractivity contribution in [2.24, 2.45) is 5.73 Å². The van der Waals surface area contributed by atoms with E-state index in [0.717, 1.165) is 4.47 Å². The van der Waals surface area contributed by atoms with Gasteiger partial charge in [-0.3, -0.25) is 0 Å². The predicted octanol–water partition coefficient (Wildman–Crippen LogP) is 3.09. The molecule has 1 heterocycles. The first-order chi connectivity index (χ1) is 6.92. The molecule has 1 atom stereocenters. The van der Waals surface area contributed by atoms with E-state index in [0.29, 0.717) is 4.88 Å². The largest absolute Gasteiger partial charge is 0.411 e. The number of rotatable bonds is 4. The molecule has 2 N–H and O–H groups in total. The Morgan fingerprint density at radius 3 is 2.60 bits per heavy atom. The van der Waals surface area contributed by atoms with Gasteiger partial charge in [0.1, 0.15) is 12.7 Å². The van der Waals surface area contributed by atoms with E-state index >= 15 is 0 Å². The Kier molecular flexibility index (Phi) is 4.57. The Morgan fingerprint density at radius 2 is 2.20 bits per heavy atom. The van der Waals surface area contributed by atoms with Crippen LogP contribution in [0.3, 0.4) is 0 Å². The van der Waals surface area contributed by atoms with Crippen LogP contribution in [0.5, 0.6) is 0 Å². The minimum absolute atomic E-state index is 0.0308. The standard InChI is InChI=1S/C8H9BrF3NOS/c9-5-1-7(15-3-5)6(2-13)14-4-8(10,11)12/h1,3,6H,2,4,13H2. The molecule has 0 saturated heterocycles. The van der Waals surface area contributed by atoms with Crippen molar-refractivity contribution in [2.75, 3.05) is 13.2 Å². The maximum Gasteiger partial charge on any atom is 0.411 e. The summed E-state index contributed by atoms with van der Waals surface area (Å²) in [5.41, 5.74) is 5.34. The van der Waals surface area contributed by atoms with E-state index < -0.39 is 18.9 Å². The van der Waals surface area contributed by atoms with Crippen LogP contribution in [0.2, 0.25) is 0 Å². The van der Waals surface area contributed by atoms with Crippen molar-refractivity contribution < 1.29 is 17.9 Å². The van der Waals surface area contributed by atoms with Gasteiger partial charge in [0.05, 0.1) is 0 Å². The van der Waals surface area contributed by atoms with Crippen LogP contribution in [-0.4, -0.2) is 19.3 Å². The molecule has 0 aliphatic carbocycles. The van der Waals surface area contributed by atoms with E-state index in [1.165, 1.54) is 11.3 Å². The lowest BCUT2D eigenvalue weighted by Gasteiger charge is -2.15. The molecule has 0 fully saturated rings. The molecule has 0 spiro atoms. The van der Waals surface area contributed by atoms with E-state index in [1.54, 1.807) is 11.4 Å². The lowest BCUT2D eigenvalue weighted by atomic mass is 10.3. The van der Waals surface area contributed by atoms with E-state index in [1.807, 2.05) is 0 Å². The van der Waals surface area contributed by atoms with Gasteiger partial charge in [0, 0.05) is 21.3 Å². The molecule has 0 radical (unpaired) electrons. The van der Waals surface area contributed by atoms with Crippen LogP contribution in [0.25, 0.3) is 0 Å². The highest BCUT2D eigenvalue weighted by Crippen LogP contribution is 2.28. The number of hydrogen-bond acceptors (Lipinski definition) is 3. The minimum Gasteiger partial charge on any atom is -0.362 e. The predicted molar refractivity (Wildman–Crippen MR) is 55.8 cm³/mol. The maximum atomic E-state index is 11.9. The second kappa shape index (κ2) is 5.29. The second-order valence-electron chi connectivity index (χ2n) is 2.82. The van der Waals surface area contributed by atoms with Crippen LogP contribution < -0.4 is 5.73 Å². The van der Waals surface area contributed by atoms with Gasteiger partial charge >= 0.3 is 6.18 Å². The lowest BCUT2D eigenvalue weighted by Crippen LogP contribution is -2.23. The molecule has 7 heteroatoms. The van der Waals surface area contributed by atoms with Gasteiger partial charge < -0.3 is 10.5 Å². The van der Waals surface area contributed by atoms with Crippen molar-refractivity contribution in [3.8, 4) is 0 Å². The zero-order valence-corrected chi connectivity index (χ0v) is 9.95. The Morgan fingerprint density at radius 1 is 1.53 bits per heavy atom. The third-order valence-electron chi connectivity index (χ3n) is 1.57. The van der Waals surface area contributed by atoms with E-state index in [4.69, 9.17) is 10.5 Å². The van der Waals surface area contributed by atoms with Crippen LogP contribution in [0.15, 0.2) is 15.9 Å². The monoisotopic (exact) mass is 303 g/mol. The van der Waals surface area contributed by atoms with Crippen LogP contribution in [0.1, 0.15) is 11.0 Å². The summed E-state index contributed by atoms with van der Waals surface area (Å²) in [5, 5.41) is 1.77. The lowest BCUT2D eigenvalue weighted by molar-refractivity contribution is -0.184. The van der Waals surface area contributed by atoms with Crippen molar-refractivity contribution >= 4 is 27.3 Å². The minimum atomic E-state index is -4.32. The molecule has 0 amide bonds. The van der Waals surface area contributed by atoms with Crippen molar-refractivity contribution in [3.63, 3.8) is 0 Å². The van der Waals surface area contributed by atoms with Gasteiger partial charge in [0.2, 0.25) is 0 Å². The Labute approximate surface area is 97.3 Å². The zero-order chi connectivity index (χ0) is 11.5. The molecule has 0 bridgehead atoms. The summed E-state index contributed by atoms with van der Waals surface area (Å²) in [6.07, 6.45) is -5.01. The molecular formula is C8H9BrF3NOS. The van der Waals surface area contributed by atoms with Gasteiger partial charge in [-0.15, -0.1) is 11.3 Å². The summed E-state index contributed by atoms with van der Waals surface area (Å²) < 4.78 is 41.2. The molecule has 0 saturated carbocycles. The van der Waals surface area contributed by atoms with Crippen molar-refractivity contribution in [3.05, 3.63) is 20.8 Å². The van der Waals surface area contributed by atoms with Crippen LogP contribution in [0, 0.1) is 0 Å². The molecule has 1 aromatic heterocycles. The summed E-state index contributed by atoms with van der Waals surface area (Å²) in [7, 11) is 0. The molecule has 0 aliphatic heterocycles. The average molecular weight is 304 g/mol. The number of nitrogens with two attached hydrogens (primary N) is 1. The fourth-order valence-corrected chi connectivity index (χ4v) is 2.46. The smallest absolute Gasteiger partial charge is 0.362 e. The van der Waals surface area contributed by atoms with Crippen LogP contribution in [0.4, 0.5) is 13.2 Å². The first kappa shape index (κ1) is 13.0. The first-order valence-corrected chi connectivity index (χ1v) is 5.72. The topological polar surface area (TPSA) is 35.2 Å². The second-order valence-corrected chi connectivity index (χ2v) is 4.68. The van der Waals surface area contributed by atoms with E-state index in [-0.39, 0.29) is 6.54 Å². The Balaban J connectivity index is 2.57. The number of thiophene rings is 1. The van der Waals surface area contributed by atoms with E-state index in [9.17, 15) is 13.2 Å². The highest BCUT2D eigenvalue weighted by Gasteiger charge is 2.29. The Bertz CT molecular complexity index is 315. The number of hydrogen-bond donors (Lipinski definition) is 1. The highest BCUT2D eigenvalue weighted by atomic mass is 79.9. The van der Waals surface area contributed by atoms with Gasteiger partial charge in [-0.2, -0.15) is 13.2 Å². The molecule has 86 valence electrons. The molecule has 0 aromatic carbocycles. The van der Waals surface area contributed by atoms with Crippen molar-refractivity contribution in [1.82, 2.24) is 0 Å². The first-order valence-electron chi connectivity index (χ1n) is 4.04. The molecule has 2 nitrogen and oxygen atoms in total. The summed E-state index contributed by atoms with van der Waals surface area (Å²) in [5.74, 6) is 0. The van der Waals surface area contributed by atoms with Gasteiger partial charge in [-0.1, -0.05) is 0 Å². The molecule has 1 rings (SSSR count). The third-order valence-corrected chi connectivity index (χ3v) is 3.35. The summed E-state index contributed by atoms with van der Waals surface area (Å²) in [4.78, 5) is 0.689. The third kappa shape index (κ3) is 4.50. The average Bonchev–Trinajstić information content (AvgIpc) is 2.51. The number of halogens is 4. The number of ether oxygens (including phenoxy) is 1. The maximum absolute atomic E-state index is 11.9. The molecule has 1 unspecified atom stereocenters. The molecule has 0 aliphatic rings. The fourth-order valence-electron chi connectivity index (χ4n) is 0.959. The highest BCUT2D eigenvalue weighted by molar-refractivity contribution is 9.10. The van der Waals surface area contributed by atoms with Gasteiger partial charge in [-0.25, -0.2) is 0 Å². The molecule has 15 heavy (non-hydrogen) atoms. The normalized spacial score (nSPS) is 14.2. The summed E-state index contributed by atoms with van der Waals surface area (Å²) in [6, 6.07) is 1.71. The molecular weight excluding hydrogens is 295 g/mol. The molecule has 1 aromatic rings. The summed E-state index contributed by atoms with van der Waals surface area (Å²) >= 11 is 4.53. The SMILES string of the molecule is NCC(OCC(F)(F)F)c1cc(Br)cs1. The van der Waals surface area contributed by atoms with Crippen LogP contribution >= 0.6 is 27.3 Å². The van der Waals surface area contributed by atoms with Gasteiger partial charge in [-0.05, 0) is 22.0 Å². The van der Waals surface area contributed by atoms with Crippen molar-refractivity contribution in [2.45, 2.75) is 12.3 Å². The van der Waals surface area contributed by atoms with Gasteiger partial charge in [0.15, 0.2) is 0 Å². The van der Waals surface area contributed by atoms with Gasteiger partial charge in [0.25, 0.3) is 0 Å². The fraction of sp³-hybridized carbons (Fsp3) is 0.500. The Hall–Kier alpha value is -0.110. The zero-order valence-electron chi connectivity index (χ0n) is 7.55. The van der Waals surface area contributed by atoms with Crippen molar-refractivity contribution in [1.29, 1.82) is 0 Å². The summed E-state index contributed by atoms with van der Waals surface area (Å²) in [6.45, 7) is -1.24. The van der Waals surface area contributed by atoms with Crippen LogP contribution in [-0.2, 0) is 4.74 Å². The quantitative estimate of drug-likeness (QED) is 0.928.